The van der Waals surface area contributed by atoms with Gasteiger partial charge in [0.15, 0.2) is 0 Å². The van der Waals surface area contributed by atoms with Gasteiger partial charge >= 0.3 is 6.09 Å². The fraction of sp³-hybridized carbons (Fsp3) is 0.909. The normalized spacial score (nSPS) is 20.7. The maximum Gasteiger partial charge on any atom is 0.410 e. The lowest BCUT2D eigenvalue weighted by atomic mass is 9.98. The Bertz CT molecular complexity index is 242. The van der Waals surface area contributed by atoms with E-state index in [9.17, 15) is 9.90 Å². The average Bonchev–Trinajstić information content (AvgIpc) is 2.15. The highest BCUT2D eigenvalue weighted by Crippen LogP contribution is 2.24. The van der Waals surface area contributed by atoms with E-state index in [1.807, 2.05) is 43.4 Å². The first-order chi connectivity index (χ1) is 7.29. The van der Waals surface area contributed by atoms with Gasteiger partial charge in [-0.25, -0.2) is 4.79 Å². The van der Waals surface area contributed by atoms with Crippen LogP contribution in [0.3, 0.4) is 0 Å². The molecule has 1 aliphatic rings. The third-order valence-electron chi connectivity index (χ3n) is 2.58. The molecule has 1 heterocycles. The predicted molar refractivity (Wildman–Crippen MR) is 70.6 cm³/mol. The molecule has 1 atom stereocenters. The van der Waals surface area contributed by atoms with E-state index < -0.39 is 5.60 Å². The number of likely N-dealkylation sites (tertiary alicyclic amines) is 1. The standard InChI is InChI=1S/C11H20INO3/c1-11(2,3)16-10(15)13-6-4-8(5-7-13)9(12)14/h8-9,14H,4-7H2,1-3H3. The van der Waals surface area contributed by atoms with Crippen molar-refractivity contribution in [2.24, 2.45) is 5.92 Å². The number of ether oxygens (including phenoxy) is 1. The van der Waals surface area contributed by atoms with Gasteiger partial charge in [-0.3, -0.25) is 0 Å². The van der Waals surface area contributed by atoms with E-state index in [-0.39, 0.29) is 10.2 Å². The minimum Gasteiger partial charge on any atom is -0.444 e. The lowest BCUT2D eigenvalue weighted by Gasteiger charge is -2.33. The quantitative estimate of drug-likeness (QED) is 0.589. The number of hydrogen-bond acceptors (Lipinski definition) is 3. The molecule has 1 N–H and O–H groups in total. The fourth-order valence-electron chi connectivity index (χ4n) is 1.68. The summed E-state index contributed by atoms with van der Waals surface area (Å²) in [7, 11) is 0. The Labute approximate surface area is 110 Å². The molecule has 1 amide bonds. The van der Waals surface area contributed by atoms with Gasteiger partial charge in [-0.1, -0.05) is 22.6 Å². The fourth-order valence-corrected chi connectivity index (χ4v) is 2.40. The van der Waals surface area contributed by atoms with Crippen LogP contribution in [0.25, 0.3) is 0 Å². The maximum absolute atomic E-state index is 11.7. The van der Waals surface area contributed by atoms with Crippen LogP contribution in [-0.4, -0.2) is 38.9 Å². The molecule has 1 rings (SSSR count). The van der Waals surface area contributed by atoms with Gasteiger partial charge in [0.1, 0.15) is 9.71 Å². The number of rotatable bonds is 1. The van der Waals surface area contributed by atoms with Crippen molar-refractivity contribution in [3.05, 3.63) is 0 Å². The van der Waals surface area contributed by atoms with E-state index in [2.05, 4.69) is 0 Å². The zero-order valence-corrected chi connectivity index (χ0v) is 12.2. The molecule has 0 saturated carbocycles. The van der Waals surface area contributed by atoms with Crippen molar-refractivity contribution in [1.82, 2.24) is 4.90 Å². The van der Waals surface area contributed by atoms with Crippen LogP contribution in [0.5, 0.6) is 0 Å². The van der Waals surface area contributed by atoms with E-state index in [0.717, 1.165) is 12.8 Å². The number of carbonyl (C=O) groups is 1. The topological polar surface area (TPSA) is 49.8 Å². The molecule has 0 aromatic rings. The van der Waals surface area contributed by atoms with E-state index >= 15 is 0 Å². The Kier molecular flexibility index (Phi) is 4.85. The van der Waals surface area contributed by atoms with Crippen molar-refractivity contribution >= 4 is 28.7 Å². The van der Waals surface area contributed by atoms with Crippen LogP contribution in [0, 0.1) is 5.92 Å². The Balaban J connectivity index is 2.39. The summed E-state index contributed by atoms with van der Waals surface area (Å²) < 4.78 is 4.99. The molecule has 94 valence electrons. The van der Waals surface area contributed by atoms with E-state index in [0.29, 0.717) is 19.0 Å². The monoisotopic (exact) mass is 341 g/mol. The molecule has 1 unspecified atom stereocenters. The van der Waals surface area contributed by atoms with Gasteiger partial charge in [0.05, 0.1) is 0 Å². The predicted octanol–water partition coefficient (Wildman–Crippen LogP) is 2.39. The van der Waals surface area contributed by atoms with Crippen LogP contribution >= 0.6 is 22.6 Å². The number of aliphatic hydroxyl groups excluding tert-OH is 1. The minimum atomic E-state index is -0.434. The van der Waals surface area contributed by atoms with Crippen molar-refractivity contribution in [3.63, 3.8) is 0 Å². The van der Waals surface area contributed by atoms with Gasteiger partial charge < -0.3 is 14.7 Å². The van der Waals surface area contributed by atoms with Crippen molar-refractivity contribution < 1.29 is 14.6 Å². The number of alkyl halides is 1. The summed E-state index contributed by atoms with van der Waals surface area (Å²) in [4.78, 5) is 13.5. The van der Waals surface area contributed by atoms with Crippen molar-refractivity contribution in [3.8, 4) is 0 Å². The summed E-state index contributed by atoms with van der Waals surface area (Å²) in [6.07, 6.45) is 1.46. The Morgan fingerprint density at radius 1 is 1.44 bits per heavy atom. The van der Waals surface area contributed by atoms with Gasteiger partial charge in [-0.2, -0.15) is 0 Å². The summed E-state index contributed by atoms with van der Waals surface area (Å²) in [6, 6.07) is 0. The first kappa shape index (κ1) is 14.0. The van der Waals surface area contributed by atoms with Gasteiger partial charge in [0.25, 0.3) is 0 Å². The zero-order chi connectivity index (χ0) is 12.3. The SMILES string of the molecule is CC(C)(C)OC(=O)N1CCC(C(O)I)CC1. The Hall–Kier alpha value is -0.0400. The first-order valence-corrected chi connectivity index (χ1v) is 6.84. The molecule has 0 bridgehead atoms. The van der Waals surface area contributed by atoms with Crippen LogP contribution in [-0.2, 0) is 4.74 Å². The molecule has 0 aromatic heterocycles. The second-order valence-electron chi connectivity index (χ2n) is 5.18. The third-order valence-corrected chi connectivity index (χ3v) is 3.60. The second-order valence-corrected chi connectivity index (χ2v) is 6.45. The van der Waals surface area contributed by atoms with Crippen LogP contribution in [0.1, 0.15) is 33.6 Å². The molecule has 0 spiro atoms. The van der Waals surface area contributed by atoms with Gasteiger partial charge in [0, 0.05) is 13.1 Å². The largest absolute Gasteiger partial charge is 0.444 e. The third kappa shape index (κ3) is 4.45. The van der Waals surface area contributed by atoms with E-state index in [1.54, 1.807) is 4.90 Å². The van der Waals surface area contributed by atoms with Crippen molar-refractivity contribution in [2.45, 2.75) is 43.3 Å². The van der Waals surface area contributed by atoms with E-state index in [1.165, 1.54) is 0 Å². The van der Waals surface area contributed by atoms with Crippen LogP contribution in [0.15, 0.2) is 0 Å². The lowest BCUT2D eigenvalue weighted by molar-refractivity contribution is 0.0151. The molecular formula is C11H20INO3. The van der Waals surface area contributed by atoms with Crippen LogP contribution in [0.2, 0.25) is 0 Å². The Morgan fingerprint density at radius 2 is 1.94 bits per heavy atom. The zero-order valence-electron chi connectivity index (χ0n) is 10.1. The average molecular weight is 341 g/mol. The molecule has 1 saturated heterocycles. The number of nitrogens with zero attached hydrogens (tertiary/aromatic N) is 1. The number of aliphatic hydroxyl groups is 1. The summed E-state index contributed by atoms with van der Waals surface area (Å²) in [5, 5.41) is 9.44. The molecular weight excluding hydrogens is 321 g/mol. The minimum absolute atomic E-state index is 0.242. The van der Waals surface area contributed by atoms with Gasteiger partial charge in [0.2, 0.25) is 0 Å². The highest BCUT2D eigenvalue weighted by atomic mass is 127. The molecule has 16 heavy (non-hydrogen) atoms. The van der Waals surface area contributed by atoms with Crippen molar-refractivity contribution in [2.75, 3.05) is 13.1 Å². The van der Waals surface area contributed by atoms with E-state index in [4.69, 9.17) is 4.74 Å². The number of halogens is 1. The number of hydrogen-bond donors (Lipinski definition) is 1. The number of amides is 1. The molecule has 1 fully saturated rings. The Morgan fingerprint density at radius 3 is 2.31 bits per heavy atom. The van der Waals surface area contributed by atoms with Gasteiger partial charge in [-0.05, 0) is 39.5 Å². The summed E-state index contributed by atoms with van der Waals surface area (Å²) in [5.74, 6) is 0.305. The molecule has 0 radical (unpaired) electrons. The summed E-state index contributed by atoms with van der Waals surface area (Å²) in [6.45, 7) is 6.96. The van der Waals surface area contributed by atoms with Crippen molar-refractivity contribution in [1.29, 1.82) is 0 Å². The summed E-state index contributed by atoms with van der Waals surface area (Å²) in [5.41, 5.74) is -0.434. The number of carbonyl (C=O) groups excluding carboxylic acids is 1. The lowest BCUT2D eigenvalue weighted by Crippen LogP contribution is -2.42. The van der Waals surface area contributed by atoms with Crippen LogP contribution < -0.4 is 0 Å². The summed E-state index contributed by atoms with van der Waals surface area (Å²) >= 11 is 2.03. The van der Waals surface area contributed by atoms with Crippen LogP contribution in [0.4, 0.5) is 4.79 Å². The number of piperidine rings is 1. The highest BCUT2D eigenvalue weighted by Gasteiger charge is 2.28. The molecule has 1 aliphatic heterocycles. The first-order valence-electron chi connectivity index (χ1n) is 5.59. The molecule has 4 nitrogen and oxygen atoms in total. The highest BCUT2D eigenvalue weighted by molar-refractivity contribution is 14.1. The maximum atomic E-state index is 11.7. The molecule has 5 heteroatoms. The second kappa shape index (κ2) is 5.53. The smallest absolute Gasteiger partial charge is 0.410 e. The van der Waals surface area contributed by atoms with Gasteiger partial charge in [-0.15, -0.1) is 0 Å². The molecule has 0 aromatic carbocycles. The molecule has 0 aliphatic carbocycles.